The number of nitrogens with zero attached hydrogens (tertiary/aromatic N) is 3. The Bertz CT molecular complexity index is 476. The van der Waals surface area contributed by atoms with E-state index in [0.717, 1.165) is 48.5 Å². The van der Waals surface area contributed by atoms with Gasteiger partial charge in [-0.3, -0.25) is 4.68 Å². The van der Waals surface area contributed by atoms with Crippen molar-refractivity contribution in [1.82, 2.24) is 9.78 Å². The molecule has 0 aliphatic heterocycles. The molecule has 1 fully saturated rings. The van der Waals surface area contributed by atoms with E-state index in [0.29, 0.717) is 0 Å². The van der Waals surface area contributed by atoms with Gasteiger partial charge in [0.1, 0.15) is 0 Å². The lowest BCUT2D eigenvalue weighted by Gasteiger charge is -2.28. The van der Waals surface area contributed by atoms with Crippen molar-refractivity contribution in [3.05, 3.63) is 16.4 Å². The highest BCUT2D eigenvalue weighted by atomic mass is 35.5. The molecule has 104 valence electrons. The van der Waals surface area contributed by atoms with Crippen LogP contribution in [0.4, 0.5) is 0 Å². The summed E-state index contributed by atoms with van der Waals surface area (Å²) in [5.41, 5.74) is 1.63. The predicted molar refractivity (Wildman–Crippen MR) is 77.0 cm³/mol. The first-order valence-electron chi connectivity index (χ1n) is 7.17. The van der Waals surface area contributed by atoms with Gasteiger partial charge in [0.15, 0.2) is 0 Å². The van der Waals surface area contributed by atoms with Gasteiger partial charge in [0, 0.05) is 13.5 Å². The highest BCUT2D eigenvalue weighted by molar-refractivity contribution is 6.31. The van der Waals surface area contributed by atoms with E-state index in [4.69, 9.17) is 11.6 Å². The summed E-state index contributed by atoms with van der Waals surface area (Å²) in [4.78, 5) is 0. The maximum atomic E-state index is 9.69. The number of hydrogen-bond acceptors (Lipinski definition) is 2. The molecule has 1 heterocycles. The summed E-state index contributed by atoms with van der Waals surface area (Å²) in [7, 11) is 1.92. The first-order chi connectivity index (χ1) is 9.08. The largest absolute Gasteiger partial charge is 0.271 e. The Morgan fingerprint density at radius 2 is 1.84 bits per heavy atom. The molecule has 1 aromatic heterocycles. The number of aromatic nitrogens is 2. The molecule has 2 rings (SSSR count). The van der Waals surface area contributed by atoms with Gasteiger partial charge in [-0.15, -0.1) is 0 Å². The van der Waals surface area contributed by atoms with Crippen LogP contribution in [0, 0.1) is 23.7 Å². The summed E-state index contributed by atoms with van der Waals surface area (Å²) in [6, 6.07) is 2.60. The second kappa shape index (κ2) is 5.96. The fraction of sp³-hybridized carbons (Fsp3) is 0.733. The minimum absolute atomic E-state index is 0.246. The molecule has 0 radical (unpaired) electrons. The monoisotopic (exact) mass is 279 g/mol. The Morgan fingerprint density at radius 3 is 2.32 bits per heavy atom. The van der Waals surface area contributed by atoms with E-state index in [-0.39, 0.29) is 5.41 Å². The van der Waals surface area contributed by atoms with Crippen LogP contribution in [0.5, 0.6) is 0 Å². The summed E-state index contributed by atoms with van der Waals surface area (Å²) in [5, 5.41) is 14.8. The molecule has 3 nitrogen and oxygen atoms in total. The lowest BCUT2D eigenvalue weighted by Crippen LogP contribution is -2.24. The van der Waals surface area contributed by atoms with E-state index in [1.54, 1.807) is 0 Å². The summed E-state index contributed by atoms with van der Waals surface area (Å²) in [5.74, 6) is 0. The Hall–Kier alpha value is -1.01. The number of aryl methyl sites for hydroxylation is 2. The lowest BCUT2D eigenvalue weighted by atomic mass is 9.74. The second-order valence-electron chi connectivity index (χ2n) is 5.81. The van der Waals surface area contributed by atoms with E-state index in [2.05, 4.69) is 11.2 Å². The van der Waals surface area contributed by atoms with Crippen LogP contribution in [-0.4, -0.2) is 9.78 Å². The summed E-state index contributed by atoms with van der Waals surface area (Å²) >= 11 is 6.33. The van der Waals surface area contributed by atoms with Gasteiger partial charge >= 0.3 is 0 Å². The average Bonchev–Trinajstić information content (AvgIpc) is 2.59. The third kappa shape index (κ3) is 3.12. The maximum absolute atomic E-state index is 9.69. The molecular formula is C15H22ClN3. The van der Waals surface area contributed by atoms with Gasteiger partial charge in [0.05, 0.1) is 27.9 Å². The molecule has 1 aliphatic rings. The maximum Gasteiger partial charge on any atom is 0.0847 e. The normalized spacial score (nSPS) is 19.5. The van der Waals surface area contributed by atoms with Crippen molar-refractivity contribution in [3.8, 4) is 6.07 Å². The SMILES string of the molecule is Cc1nn(C)c(CC2(C#N)CCCCCCC2)c1Cl. The molecule has 1 aromatic rings. The molecule has 0 unspecified atom stereocenters. The summed E-state index contributed by atoms with van der Waals surface area (Å²) in [6.07, 6.45) is 8.84. The summed E-state index contributed by atoms with van der Waals surface area (Å²) in [6.45, 7) is 1.92. The van der Waals surface area contributed by atoms with Crippen molar-refractivity contribution in [2.24, 2.45) is 12.5 Å². The van der Waals surface area contributed by atoms with Crippen LogP contribution >= 0.6 is 11.6 Å². The molecule has 0 bridgehead atoms. The van der Waals surface area contributed by atoms with Crippen molar-refractivity contribution in [2.75, 3.05) is 0 Å². The van der Waals surface area contributed by atoms with Gasteiger partial charge < -0.3 is 0 Å². The smallest absolute Gasteiger partial charge is 0.0847 e. The number of nitriles is 1. The molecule has 1 saturated carbocycles. The van der Waals surface area contributed by atoms with Gasteiger partial charge in [0.2, 0.25) is 0 Å². The van der Waals surface area contributed by atoms with Crippen molar-refractivity contribution in [3.63, 3.8) is 0 Å². The Morgan fingerprint density at radius 1 is 1.26 bits per heavy atom. The van der Waals surface area contributed by atoms with Gasteiger partial charge in [-0.05, 0) is 19.8 Å². The van der Waals surface area contributed by atoms with Gasteiger partial charge in [-0.2, -0.15) is 10.4 Å². The van der Waals surface area contributed by atoms with Crippen LogP contribution in [0.25, 0.3) is 0 Å². The molecule has 0 saturated heterocycles. The zero-order chi connectivity index (χ0) is 13.9. The minimum Gasteiger partial charge on any atom is -0.271 e. The van der Waals surface area contributed by atoms with Gasteiger partial charge in [-0.1, -0.05) is 43.7 Å². The Balaban J connectivity index is 2.24. The standard InChI is InChI=1S/C15H22ClN3/c1-12-14(16)13(19(2)18-12)10-15(11-17)8-6-4-3-5-7-9-15/h3-10H2,1-2H3. The van der Waals surface area contributed by atoms with Gasteiger partial charge in [-0.25, -0.2) is 0 Å². The zero-order valence-corrected chi connectivity index (χ0v) is 12.6. The Labute approximate surface area is 120 Å². The molecule has 0 aromatic carbocycles. The van der Waals surface area contributed by atoms with Crippen molar-refractivity contribution in [2.45, 2.75) is 58.3 Å². The third-order valence-corrected chi connectivity index (χ3v) is 4.81. The molecule has 1 aliphatic carbocycles. The zero-order valence-electron chi connectivity index (χ0n) is 11.9. The highest BCUT2D eigenvalue weighted by Crippen LogP contribution is 2.38. The van der Waals surface area contributed by atoms with Crippen molar-refractivity contribution >= 4 is 11.6 Å². The topological polar surface area (TPSA) is 41.6 Å². The molecule has 4 heteroatoms. The van der Waals surface area contributed by atoms with E-state index < -0.39 is 0 Å². The first kappa shape index (κ1) is 14.4. The molecule has 19 heavy (non-hydrogen) atoms. The van der Waals surface area contributed by atoms with E-state index in [1.165, 1.54) is 19.3 Å². The minimum atomic E-state index is -0.246. The second-order valence-corrected chi connectivity index (χ2v) is 6.18. The molecule has 0 spiro atoms. The average molecular weight is 280 g/mol. The van der Waals surface area contributed by atoms with Gasteiger partial charge in [0.25, 0.3) is 0 Å². The van der Waals surface area contributed by atoms with E-state index >= 15 is 0 Å². The lowest BCUT2D eigenvalue weighted by molar-refractivity contribution is 0.282. The first-order valence-corrected chi connectivity index (χ1v) is 7.55. The molecule has 0 amide bonds. The quantitative estimate of drug-likeness (QED) is 0.815. The van der Waals surface area contributed by atoms with E-state index in [1.807, 2.05) is 18.7 Å². The molecule has 0 N–H and O–H groups in total. The predicted octanol–water partition coefficient (Wildman–Crippen LogP) is 4.18. The number of hydrogen-bond donors (Lipinski definition) is 0. The third-order valence-electron chi connectivity index (χ3n) is 4.32. The molecular weight excluding hydrogens is 258 g/mol. The van der Waals surface area contributed by atoms with Crippen LogP contribution in [-0.2, 0) is 13.5 Å². The van der Waals surface area contributed by atoms with Crippen LogP contribution in [0.15, 0.2) is 0 Å². The van der Waals surface area contributed by atoms with Crippen LogP contribution in [0.1, 0.15) is 56.3 Å². The van der Waals surface area contributed by atoms with Crippen molar-refractivity contribution in [1.29, 1.82) is 5.26 Å². The fourth-order valence-electron chi connectivity index (χ4n) is 3.10. The fourth-order valence-corrected chi connectivity index (χ4v) is 3.33. The molecule has 0 atom stereocenters. The Kier molecular flexibility index (Phi) is 4.52. The van der Waals surface area contributed by atoms with Crippen LogP contribution < -0.4 is 0 Å². The summed E-state index contributed by atoms with van der Waals surface area (Å²) < 4.78 is 1.84. The van der Waals surface area contributed by atoms with E-state index in [9.17, 15) is 5.26 Å². The highest BCUT2D eigenvalue weighted by Gasteiger charge is 2.32. The number of halogens is 1. The number of rotatable bonds is 2. The van der Waals surface area contributed by atoms with Crippen LogP contribution in [0.2, 0.25) is 5.02 Å². The van der Waals surface area contributed by atoms with Crippen LogP contribution in [0.3, 0.4) is 0 Å². The van der Waals surface area contributed by atoms with Crippen molar-refractivity contribution < 1.29 is 0 Å².